The van der Waals surface area contributed by atoms with Crippen molar-refractivity contribution in [1.29, 1.82) is 0 Å². The molecule has 0 saturated carbocycles. The van der Waals surface area contributed by atoms with Crippen LogP contribution in [0.2, 0.25) is 0 Å². The highest BCUT2D eigenvalue weighted by Crippen LogP contribution is 2.27. The summed E-state index contributed by atoms with van der Waals surface area (Å²) in [7, 11) is 0. The molecule has 1 aliphatic carbocycles. The maximum atomic E-state index is 2.25. The molecule has 0 radical (unpaired) electrons. The molecular formula is C8H8S. The van der Waals surface area contributed by atoms with E-state index < -0.39 is 0 Å². The molecule has 0 unspecified atom stereocenters. The Kier molecular flexibility index (Phi) is 0.995. The standard InChI is InChI=1S/C8H8S/c1-6-5-7-3-2-4-8(7)9-6/h2-3,5H,4H2,1H3. The largest absolute Gasteiger partial charge is 0.145 e. The maximum absolute atomic E-state index is 2.25. The SMILES string of the molecule is Cc1cc2c(s1)CC=C2. The van der Waals surface area contributed by atoms with Crippen molar-refractivity contribution in [2.75, 3.05) is 0 Å². The van der Waals surface area contributed by atoms with E-state index in [0.29, 0.717) is 0 Å². The molecule has 2 rings (SSSR count). The van der Waals surface area contributed by atoms with Gasteiger partial charge in [0.2, 0.25) is 0 Å². The summed E-state index contributed by atoms with van der Waals surface area (Å²) >= 11 is 1.91. The van der Waals surface area contributed by atoms with Gasteiger partial charge in [0, 0.05) is 16.2 Å². The number of thiophene rings is 1. The molecule has 0 aromatic carbocycles. The first-order valence-electron chi connectivity index (χ1n) is 3.12. The van der Waals surface area contributed by atoms with Crippen LogP contribution in [0.5, 0.6) is 0 Å². The highest BCUT2D eigenvalue weighted by molar-refractivity contribution is 7.12. The van der Waals surface area contributed by atoms with Crippen LogP contribution in [0.4, 0.5) is 0 Å². The van der Waals surface area contributed by atoms with Crippen LogP contribution in [0.25, 0.3) is 6.08 Å². The molecule has 0 N–H and O–H groups in total. The Bertz CT molecular complexity index is 256. The molecule has 1 aliphatic rings. The van der Waals surface area contributed by atoms with E-state index in [1.807, 2.05) is 11.3 Å². The number of aryl methyl sites for hydroxylation is 1. The number of hydrogen-bond acceptors (Lipinski definition) is 1. The molecule has 9 heavy (non-hydrogen) atoms. The molecule has 1 heteroatoms. The third-order valence-corrected chi connectivity index (χ3v) is 2.65. The smallest absolute Gasteiger partial charge is 0.0158 e. The van der Waals surface area contributed by atoms with Crippen LogP contribution >= 0.6 is 11.3 Å². The van der Waals surface area contributed by atoms with Crippen molar-refractivity contribution >= 4 is 17.4 Å². The van der Waals surface area contributed by atoms with E-state index in [9.17, 15) is 0 Å². The molecule has 0 nitrogen and oxygen atoms in total. The first kappa shape index (κ1) is 5.24. The first-order valence-corrected chi connectivity index (χ1v) is 3.94. The molecule has 0 aliphatic heterocycles. The molecular weight excluding hydrogens is 128 g/mol. The van der Waals surface area contributed by atoms with Crippen molar-refractivity contribution in [3.63, 3.8) is 0 Å². The van der Waals surface area contributed by atoms with Gasteiger partial charge in [0.05, 0.1) is 0 Å². The summed E-state index contributed by atoms with van der Waals surface area (Å²) in [5.41, 5.74) is 1.44. The first-order chi connectivity index (χ1) is 4.36. The monoisotopic (exact) mass is 136 g/mol. The Morgan fingerprint density at radius 2 is 2.44 bits per heavy atom. The molecule has 46 valence electrons. The fraction of sp³-hybridized carbons (Fsp3) is 0.250. The Balaban J connectivity index is 2.61. The van der Waals surface area contributed by atoms with Crippen LogP contribution in [0.3, 0.4) is 0 Å². The Morgan fingerprint density at radius 1 is 1.56 bits per heavy atom. The predicted molar refractivity (Wildman–Crippen MR) is 41.8 cm³/mol. The lowest BCUT2D eigenvalue weighted by atomic mass is 10.3. The summed E-state index contributed by atoms with van der Waals surface area (Å²) in [5, 5.41) is 0. The second-order valence-corrected chi connectivity index (χ2v) is 3.68. The quantitative estimate of drug-likeness (QED) is 0.514. The van der Waals surface area contributed by atoms with Gasteiger partial charge in [0.1, 0.15) is 0 Å². The highest BCUT2D eigenvalue weighted by atomic mass is 32.1. The van der Waals surface area contributed by atoms with E-state index in [1.165, 1.54) is 15.3 Å². The molecule has 0 amide bonds. The van der Waals surface area contributed by atoms with Crippen LogP contribution in [0.1, 0.15) is 15.3 Å². The highest BCUT2D eigenvalue weighted by Gasteiger charge is 2.06. The van der Waals surface area contributed by atoms with Crippen LogP contribution in [0.15, 0.2) is 12.1 Å². The number of allylic oxidation sites excluding steroid dienone is 1. The Labute approximate surface area is 58.8 Å². The van der Waals surface area contributed by atoms with Gasteiger partial charge in [-0.15, -0.1) is 11.3 Å². The Hall–Kier alpha value is -0.560. The van der Waals surface area contributed by atoms with Gasteiger partial charge in [-0.3, -0.25) is 0 Å². The average Bonchev–Trinajstić information content (AvgIpc) is 2.22. The molecule has 0 fully saturated rings. The van der Waals surface area contributed by atoms with E-state index in [1.54, 1.807) is 0 Å². The third kappa shape index (κ3) is 0.724. The number of rotatable bonds is 0. The Morgan fingerprint density at radius 3 is 3.22 bits per heavy atom. The van der Waals surface area contributed by atoms with Gasteiger partial charge in [-0.05, 0) is 18.6 Å². The zero-order chi connectivity index (χ0) is 6.27. The molecule has 0 atom stereocenters. The lowest BCUT2D eigenvalue weighted by Crippen LogP contribution is -1.64. The fourth-order valence-corrected chi connectivity index (χ4v) is 2.17. The molecule has 0 saturated heterocycles. The third-order valence-electron chi connectivity index (χ3n) is 1.57. The second kappa shape index (κ2) is 1.71. The molecule has 0 bridgehead atoms. The maximum Gasteiger partial charge on any atom is 0.0158 e. The van der Waals surface area contributed by atoms with Gasteiger partial charge in [0.25, 0.3) is 0 Å². The van der Waals surface area contributed by atoms with Crippen molar-refractivity contribution in [3.05, 3.63) is 27.5 Å². The number of hydrogen-bond donors (Lipinski definition) is 0. The van der Waals surface area contributed by atoms with Crippen molar-refractivity contribution in [2.45, 2.75) is 13.3 Å². The zero-order valence-electron chi connectivity index (χ0n) is 5.35. The van der Waals surface area contributed by atoms with Gasteiger partial charge in [-0.25, -0.2) is 0 Å². The summed E-state index contributed by atoms with van der Waals surface area (Å²) in [6, 6.07) is 2.25. The normalized spacial score (nSPS) is 14.3. The van der Waals surface area contributed by atoms with Crippen LogP contribution in [-0.4, -0.2) is 0 Å². The van der Waals surface area contributed by atoms with Gasteiger partial charge in [-0.2, -0.15) is 0 Å². The molecule has 1 heterocycles. The lowest BCUT2D eigenvalue weighted by molar-refractivity contribution is 1.40. The van der Waals surface area contributed by atoms with Crippen LogP contribution in [-0.2, 0) is 6.42 Å². The minimum Gasteiger partial charge on any atom is -0.145 e. The van der Waals surface area contributed by atoms with E-state index in [-0.39, 0.29) is 0 Å². The van der Waals surface area contributed by atoms with E-state index in [0.717, 1.165) is 6.42 Å². The van der Waals surface area contributed by atoms with Crippen molar-refractivity contribution in [1.82, 2.24) is 0 Å². The van der Waals surface area contributed by atoms with Gasteiger partial charge < -0.3 is 0 Å². The molecule has 1 aromatic heterocycles. The summed E-state index contributed by atoms with van der Waals surface area (Å²) in [5.74, 6) is 0. The fourth-order valence-electron chi connectivity index (χ4n) is 1.18. The van der Waals surface area contributed by atoms with Crippen LogP contribution in [0, 0.1) is 6.92 Å². The van der Waals surface area contributed by atoms with E-state index in [2.05, 4.69) is 25.1 Å². The van der Waals surface area contributed by atoms with Gasteiger partial charge in [-0.1, -0.05) is 12.2 Å². The van der Waals surface area contributed by atoms with Gasteiger partial charge in [0.15, 0.2) is 0 Å². The van der Waals surface area contributed by atoms with Crippen LogP contribution < -0.4 is 0 Å². The predicted octanol–water partition coefficient (Wildman–Crippen LogP) is 2.63. The van der Waals surface area contributed by atoms with Crippen molar-refractivity contribution in [2.24, 2.45) is 0 Å². The summed E-state index contributed by atoms with van der Waals surface area (Å²) in [6.45, 7) is 2.16. The van der Waals surface area contributed by atoms with E-state index >= 15 is 0 Å². The minimum atomic E-state index is 1.16. The summed E-state index contributed by atoms with van der Waals surface area (Å²) in [4.78, 5) is 2.97. The molecule has 1 aromatic rings. The van der Waals surface area contributed by atoms with Gasteiger partial charge >= 0.3 is 0 Å². The van der Waals surface area contributed by atoms with Crippen molar-refractivity contribution < 1.29 is 0 Å². The summed E-state index contributed by atoms with van der Waals surface area (Å²) in [6.07, 6.45) is 5.59. The topological polar surface area (TPSA) is 0 Å². The molecule has 0 spiro atoms. The van der Waals surface area contributed by atoms with E-state index in [4.69, 9.17) is 0 Å². The lowest BCUT2D eigenvalue weighted by Gasteiger charge is -1.80. The zero-order valence-corrected chi connectivity index (χ0v) is 6.16. The van der Waals surface area contributed by atoms with Crippen molar-refractivity contribution in [3.8, 4) is 0 Å². The number of fused-ring (bicyclic) bond motifs is 1. The minimum absolute atomic E-state index is 1.16. The second-order valence-electron chi connectivity index (χ2n) is 2.34. The average molecular weight is 136 g/mol. The summed E-state index contributed by atoms with van der Waals surface area (Å²) < 4.78 is 0.